The number of hydrogen-bond donors (Lipinski definition) is 1. The predicted octanol–water partition coefficient (Wildman–Crippen LogP) is 2.64. The van der Waals surface area contributed by atoms with E-state index < -0.39 is 0 Å². The summed E-state index contributed by atoms with van der Waals surface area (Å²) in [5.41, 5.74) is 2.62. The van der Waals surface area contributed by atoms with Crippen LogP contribution >= 0.6 is 11.5 Å². The van der Waals surface area contributed by atoms with E-state index in [0.717, 1.165) is 43.8 Å². The molecule has 2 aromatic rings. The Hall–Kier alpha value is -1.50. The molecular formula is C16H22N4OS. The zero-order valence-electron chi connectivity index (χ0n) is 13.1. The normalized spacial score (nSPS) is 17.4. The number of rotatable bonds is 5. The SMILES string of the molecule is Cc1ccc(C(CNc2nc(C)ns2)N2CCOCC2)cc1. The van der Waals surface area contributed by atoms with E-state index in [9.17, 15) is 0 Å². The van der Waals surface area contributed by atoms with Gasteiger partial charge in [-0.15, -0.1) is 0 Å². The highest BCUT2D eigenvalue weighted by molar-refractivity contribution is 7.09. The van der Waals surface area contributed by atoms with Crippen LogP contribution in [0.5, 0.6) is 0 Å². The molecular weight excluding hydrogens is 296 g/mol. The standard InChI is InChI=1S/C16H22N4OS/c1-12-3-5-14(6-4-12)15(20-7-9-21-10-8-20)11-17-16-18-13(2)19-22-16/h3-6,15H,7-11H2,1-2H3,(H,17,18,19). The Bertz CT molecular complexity index is 592. The molecule has 1 atom stereocenters. The third-order valence-electron chi connectivity index (χ3n) is 3.92. The highest BCUT2D eigenvalue weighted by Crippen LogP contribution is 2.23. The highest BCUT2D eigenvalue weighted by atomic mass is 32.1. The fourth-order valence-electron chi connectivity index (χ4n) is 2.69. The molecule has 6 heteroatoms. The maximum absolute atomic E-state index is 5.49. The van der Waals surface area contributed by atoms with Gasteiger partial charge in [0.2, 0.25) is 5.13 Å². The summed E-state index contributed by atoms with van der Waals surface area (Å²) in [6, 6.07) is 9.13. The largest absolute Gasteiger partial charge is 0.379 e. The molecule has 1 aromatic heterocycles. The summed E-state index contributed by atoms with van der Waals surface area (Å²) < 4.78 is 9.71. The molecule has 0 amide bonds. The van der Waals surface area contributed by atoms with Crippen molar-refractivity contribution in [2.45, 2.75) is 19.9 Å². The van der Waals surface area contributed by atoms with Gasteiger partial charge in [-0.3, -0.25) is 4.90 Å². The Balaban J connectivity index is 1.74. The summed E-state index contributed by atoms with van der Waals surface area (Å²) in [6.45, 7) is 8.42. The number of benzene rings is 1. The minimum Gasteiger partial charge on any atom is -0.379 e. The molecule has 118 valence electrons. The molecule has 0 aliphatic carbocycles. The lowest BCUT2D eigenvalue weighted by Gasteiger charge is -2.35. The summed E-state index contributed by atoms with van der Waals surface area (Å²) in [5.74, 6) is 0.825. The van der Waals surface area contributed by atoms with E-state index in [1.165, 1.54) is 22.7 Å². The van der Waals surface area contributed by atoms with Gasteiger partial charge in [0.1, 0.15) is 5.82 Å². The van der Waals surface area contributed by atoms with E-state index in [0.29, 0.717) is 6.04 Å². The van der Waals surface area contributed by atoms with Crippen LogP contribution in [0.3, 0.4) is 0 Å². The lowest BCUT2D eigenvalue weighted by molar-refractivity contribution is 0.0187. The number of morpholine rings is 1. The van der Waals surface area contributed by atoms with Gasteiger partial charge >= 0.3 is 0 Å². The first-order valence-electron chi connectivity index (χ1n) is 7.65. The maximum atomic E-state index is 5.49. The Kier molecular flexibility index (Phi) is 5.02. The second-order valence-corrected chi connectivity index (χ2v) is 6.35. The van der Waals surface area contributed by atoms with E-state index in [2.05, 4.69) is 50.8 Å². The first-order chi connectivity index (χ1) is 10.7. The van der Waals surface area contributed by atoms with Crippen molar-refractivity contribution in [1.29, 1.82) is 0 Å². The number of aromatic nitrogens is 2. The molecule has 1 N–H and O–H groups in total. The summed E-state index contributed by atoms with van der Waals surface area (Å²) in [7, 11) is 0. The van der Waals surface area contributed by atoms with Crippen LogP contribution in [0.25, 0.3) is 0 Å². The number of anilines is 1. The van der Waals surface area contributed by atoms with Crippen molar-refractivity contribution < 1.29 is 4.74 Å². The monoisotopic (exact) mass is 318 g/mol. The smallest absolute Gasteiger partial charge is 0.202 e. The van der Waals surface area contributed by atoms with Gasteiger partial charge < -0.3 is 10.1 Å². The van der Waals surface area contributed by atoms with Crippen molar-refractivity contribution >= 4 is 16.7 Å². The van der Waals surface area contributed by atoms with E-state index in [-0.39, 0.29) is 0 Å². The molecule has 1 aliphatic rings. The average Bonchev–Trinajstić information content (AvgIpc) is 2.96. The minimum atomic E-state index is 0.328. The summed E-state index contributed by atoms with van der Waals surface area (Å²) in [5, 5.41) is 4.33. The van der Waals surface area contributed by atoms with Crippen molar-refractivity contribution in [3.05, 3.63) is 41.2 Å². The van der Waals surface area contributed by atoms with Gasteiger partial charge in [-0.2, -0.15) is 4.37 Å². The minimum absolute atomic E-state index is 0.328. The zero-order valence-corrected chi connectivity index (χ0v) is 13.9. The molecule has 1 saturated heterocycles. The van der Waals surface area contributed by atoms with Gasteiger partial charge in [-0.05, 0) is 19.4 Å². The number of nitrogens with one attached hydrogen (secondary N) is 1. The van der Waals surface area contributed by atoms with Crippen LogP contribution in [0.2, 0.25) is 0 Å². The Morgan fingerprint density at radius 3 is 2.59 bits per heavy atom. The number of nitrogens with zero attached hydrogens (tertiary/aromatic N) is 3. The molecule has 22 heavy (non-hydrogen) atoms. The van der Waals surface area contributed by atoms with E-state index in [1.54, 1.807) is 0 Å². The summed E-state index contributed by atoms with van der Waals surface area (Å²) >= 11 is 1.42. The van der Waals surface area contributed by atoms with Gasteiger partial charge in [0.25, 0.3) is 0 Å². The fraction of sp³-hybridized carbons (Fsp3) is 0.500. The van der Waals surface area contributed by atoms with Crippen LogP contribution < -0.4 is 5.32 Å². The Labute approximate surface area is 135 Å². The van der Waals surface area contributed by atoms with Gasteiger partial charge in [0, 0.05) is 31.2 Å². The molecule has 0 bridgehead atoms. The van der Waals surface area contributed by atoms with Crippen LogP contribution in [0.1, 0.15) is 23.0 Å². The van der Waals surface area contributed by atoms with Crippen molar-refractivity contribution in [3.63, 3.8) is 0 Å². The molecule has 2 heterocycles. The topological polar surface area (TPSA) is 50.3 Å². The Morgan fingerprint density at radius 2 is 1.95 bits per heavy atom. The third kappa shape index (κ3) is 3.82. The van der Waals surface area contributed by atoms with Gasteiger partial charge in [-0.1, -0.05) is 29.8 Å². The number of hydrogen-bond acceptors (Lipinski definition) is 6. The molecule has 0 radical (unpaired) electrons. The first kappa shape index (κ1) is 15.4. The molecule has 1 unspecified atom stereocenters. The average molecular weight is 318 g/mol. The third-order valence-corrected chi connectivity index (χ3v) is 4.69. The number of aryl methyl sites for hydroxylation is 2. The van der Waals surface area contributed by atoms with Gasteiger partial charge in [0.05, 0.1) is 19.3 Å². The second-order valence-electron chi connectivity index (χ2n) is 5.60. The quantitative estimate of drug-likeness (QED) is 0.918. The van der Waals surface area contributed by atoms with Crippen LogP contribution in [-0.2, 0) is 4.74 Å². The lowest BCUT2D eigenvalue weighted by atomic mass is 10.0. The summed E-state index contributed by atoms with van der Waals surface area (Å²) in [4.78, 5) is 6.87. The molecule has 0 spiro atoms. The fourth-order valence-corrected chi connectivity index (χ4v) is 3.27. The van der Waals surface area contributed by atoms with Crippen molar-refractivity contribution in [3.8, 4) is 0 Å². The Morgan fingerprint density at radius 1 is 1.23 bits per heavy atom. The van der Waals surface area contributed by atoms with Gasteiger partial charge in [-0.25, -0.2) is 4.98 Å². The van der Waals surface area contributed by atoms with Crippen LogP contribution in [0, 0.1) is 13.8 Å². The van der Waals surface area contributed by atoms with E-state index in [1.807, 2.05) is 6.92 Å². The lowest BCUT2D eigenvalue weighted by Crippen LogP contribution is -2.41. The van der Waals surface area contributed by atoms with Crippen molar-refractivity contribution in [1.82, 2.24) is 14.3 Å². The van der Waals surface area contributed by atoms with Crippen LogP contribution in [-0.4, -0.2) is 47.1 Å². The predicted molar refractivity (Wildman–Crippen MR) is 89.4 cm³/mol. The molecule has 0 saturated carbocycles. The van der Waals surface area contributed by atoms with E-state index in [4.69, 9.17) is 4.74 Å². The maximum Gasteiger partial charge on any atom is 0.202 e. The van der Waals surface area contributed by atoms with Gasteiger partial charge in [0.15, 0.2) is 0 Å². The molecule has 5 nitrogen and oxygen atoms in total. The zero-order chi connectivity index (χ0) is 15.4. The van der Waals surface area contributed by atoms with Crippen LogP contribution in [0.4, 0.5) is 5.13 Å². The first-order valence-corrected chi connectivity index (χ1v) is 8.42. The molecule has 1 aromatic carbocycles. The van der Waals surface area contributed by atoms with E-state index >= 15 is 0 Å². The molecule has 3 rings (SSSR count). The molecule has 1 aliphatic heterocycles. The summed E-state index contributed by atoms with van der Waals surface area (Å²) in [6.07, 6.45) is 0. The number of ether oxygens (including phenoxy) is 1. The highest BCUT2D eigenvalue weighted by Gasteiger charge is 2.22. The van der Waals surface area contributed by atoms with Crippen LogP contribution in [0.15, 0.2) is 24.3 Å². The molecule has 1 fully saturated rings. The van der Waals surface area contributed by atoms with Crippen molar-refractivity contribution in [2.24, 2.45) is 0 Å². The second kappa shape index (κ2) is 7.17. The van der Waals surface area contributed by atoms with Crippen molar-refractivity contribution in [2.75, 3.05) is 38.2 Å².